The van der Waals surface area contributed by atoms with E-state index in [2.05, 4.69) is 14.8 Å². The number of carbonyl (C=O) groups is 1. The predicted octanol–water partition coefficient (Wildman–Crippen LogP) is 2.31. The van der Waals surface area contributed by atoms with Gasteiger partial charge in [0.2, 0.25) is 0 Å². The van der Waals surface area contributed by atoms with Gasteiger partial charge in [-0.05, 0) is 25.1 Å². The fourth-order valence-electron chi connectivity index (χ4n) is 3.42. The van der Waals surface area contributed by atoms with Gasteiger partial charge in [-0.15, -0.1) is 0 Å². The van der Waals surface area contributed by atoms with Gasteiger partial charge in [-0.1, -0.05) is 42.0 Å². The van der Waals surface area contributed by atoms with Crippen LogP contribution in [0.5, 0.6) is 5.75 Å². The van der Waals surface area contributed by atoms with E-state index in [4.69, 9.17) is 25.4 Å². The van der Waals surface area contributed by atoms with Crippen LogP contribution >= 0.6 is 19.3 Å². The van der Waals surface area contributed by atoms with Crippen LogP contribution in [0.2, 0.25) is 0 Å². The van der Waals surface area contributed by atoms with Crippen LogP contribution in [0, 0.1) is 0 Å². The van der Waals surface area contributed by atoms with Gasteiger partial charge in [0.15, 0.2) is 0 Å². The van der Waals surface area contributed by atoms with Crippen LogP contribution in [0.15, 0.2) is 63.8 Å². The highest BCUT2D eigenvalue weighted by Crippen LogP contribution is 2.45. The molecule has 1 fully saturated rings. The zero-order chi connectivity index (χ0) is 27.0. The minimum Gasteiger partial charge on any atom is -0.468 e. The summed E-state index contributed by atoms with van der Waals surface area (Å²) in [7, 11) is -2.98. The van der Waals surface area contributed by atoms with Gasteiger partial charge >= 0.3 is 19.4 Å². The number of esters is 1. The Labute approximate surface area is 217 Å². The first-order valence-electron chi connectivity index (χ1n) is 11.1. The Kier molecular flexibility index (Phi) is 10.0. The number of para-hydroxylation sites is 1. The molecule has 14 heteroatoms. The number of benzene rings is 1. The summed E-state index contributed by atoms with van der Waals surface area (Å²) < 4.78 is 36.1. The molecule has 0 aliphatic carbocycles. The molecule has 5 atom stereocenters. The number of allylic oxidation sites excluding steroid dienone is 2. The van der Waals surface area contributed by atoms with Crippen molar-refractivity contribution in [3.63, 3.8) is 0 Å². The van der Waals surface area contributed by atoms with Crippen molar-refractivity contribution >= 4 is 31.4 Å². The molecule has 37 heavy (non-hydrogen) atoms. The van der Waals surface area contributed by atoms with E-state index in [-0.39, 0.29) is 17.7 Å². The van der Waals surface area contributed by atoms with Gasteiger partial charge in [-0.3, -0.25) is 23.7 Å². The summed E-state index contributed by atoms with van der Waals surface area (Å²) in [6, 6.07) is 7.12. The maximum absolute atomic E-state index is 13.5. The number of halogens is 1. The Morgan fingerprint density at radius 3 is 2.76 bits per heavy atom. The van der Waals surface area contributed by atoms with Crippen LogP contribution in [-0.4, -0.2) is 52.6 Å². The van der Waals surface area contributed by atoms with Crippen LogP contribution in [0.1, 0.15) is 25.1 Å². The topological polar surface area (TPSA) is 158 Å². The van der Waals surface area contributed by atoms with Gasteiger partial charge in [-0.2, -0.15) is 5.09 Å². The molecule has 1 aliphatic heterocycles. The van der Waals surface area contributed by atoms with E-state index in [0.717, 1.165) is 4.57 Å². The van der Waals surface area contributed by atoms with E-state index in [1.807, 2.05) is 0 Å². The average Bonchev–Trinajstić information content (AvgIpc) is 3.24. The van der Waals surface area contributed by atoms with Crippen molar-refractivity contribution < 1.29 is 33.0 Å². The number of H-pyrrole nitrogens is 1. The number of aromatic nitrogens is 2. The van der Waals surface area contributed by atoms with Gasteiger partial charge in [0, 0.05) is 18.2 Å². The third kappa shape index (κ3) is 7.75. The number of ether oxygens (including phenoxy) is 2. The third-order valence-electron chi connectivity index (χ3n) is 5.25. The lowest BCUT2D eigenvalue weighted by molar-refractivity contribution is -0.142. The number of aliphatic hydroxyl groups is 1. The van der Waals surface area contributed by atoms with Crippen molar-refractivity contribution in [1.29, 1.82) is 0 Å². The van der Waals surface area contributed by atoms with Crippen molar-refractivity contribution in [2.75, 3.05) is 13.7 Å². The molecular weight excluding hydrogens is 529 g/mol. The van der Waals surface area contributed by atoms with Gasteiger partial charge in [0.05, 0.1) is 25.4 Å². The molecule has 3 N–H and O–H groups in total. The molecule has 0 amide bonds. The van der Waals surface area contributed by atoms with Crippen molar-refractivity contribution in [2.24, 2.45) is 0 Å². The van der Waals surface area contributed by atoms with Crippen LogP contribution in [0.25, 0.3) is 6.08 Å². The second kappa shape index (κ2) is 13.0. The second-order valence-corrected chi connectivity index (χ2v) is 9.88. The molecule has 2 heterocycles. The highest BCUT2D eigenvalue weighted by molar-refractivity contribution is 7.52. The number of hydrogen-bond donors (Lipinski definition) is 3. The van der Waals surface area contributed by atoms with Crippen molar-refractivity contribution in [3.05, 3.63) is 80.6 Å². The monoisotopic (exact) mass is 555 g/mol. The summed E-state index contributed by atoms with van der Waals surface area (Å²) >= 11 is 5.47. The van der Waals surface area contributed by atoms with E-state index in [1.165, 1.54) is 44.0 Å². The zero-order valence-corrected chi connectivity index (χ0v) is 21.6. The maximum atomic E-state index is 13.5. The lowest BCUT2D eigenvalue weighted by atomic mass is 10.2. The fourth-order valence-corrected chi connectivity index (χ4v) is 5.01. The molecule has 0 radical (unpaired) electrons. The fraction of sp³-hybridized carbons (Fsp3) is 0.348. The van der Waals surface area contributed by atoms with E-state index in [9.17, 15) is 24.1 Å². The van der Waals surface area contributed by atoms with Gasteiger partial charge in [0.25, 0.3) is 5.56 Å². The zero-order valence-electron chi connectivity index (χ0n) is 20.0. The molecule has 12 nitrogen and oxygen atoms in total. The number of nitrogens with one attached hydrogen (secondary N) is 2. The molecule has 1 aliphatic rings. The Hall–Kier alpha value is -2.99. The summed E-state index contributed by atoms with van der Waals surface area (Å²) in [5.41, 5.74) is 0.0704. The number of carbonyl (C=O) groups excluding carboxylic acids is 1. The summed E-state index contributed by atoms with van der Waals surface area (Å²) in [4.78, 5) is 38.5. The molecule has 0 spiro atoms. The smallest absolute Gasteiger partial charge is 0.459 e. The number of nitrogens with zero attached hydrogens (tertiary/aromatic N) is 1. The maximum Gasteiger partial charge on any atom is 0.459 e. The van der Waals surface area contributed by atoms with Crippen LogP contribution in [-0.2, 0) is 23.4 Å². The number of rotatable bonds is 11. The van der Waals surface area contributed by atoms with Crippen LogP contribution < -0.4 is 20.9 Å². The van der Waals surface area contributed by atoms with E-state index < -0.39 is 56.0 Å². The summed E-state index contributed by atoms with van der Waals surface area (Å²) in [5, 5.41) is 13.1. The highest BCUT2D eigenvalue weighted by Gasteiger charge is 2.39. The molecule has 1 aromatic carbocycles. The molecule has 2 aromatic rings. The minimum atomic E-state index is -4.16. The predicted molar refractivity (Wildman–Crippen MR) is 135 cm³/mol. The SMILES string of the molecule is COC(=O)[C@H](C)NP(=O)(OC[C@H]1O[C@@H](n2cc(/C=C/C=C/Cl)c(=O)[nH]c2=O)C[C@@H]1O)Oc1ccccc1. The number of aliphatic hydroxyl groups excluding tert-OH is 1. The number of methoxy groups -OCH3 is 1. The second-order valence-electron chi connectivity index (χ2n) is 7.93. The minimum absolute atomic E-state index is 0.0133. The molecule has 0 saturated carbocycles. The Morgan fingerprint density at radius 2 is 2.08 bits per heavy atom. The number of aromatic amines is 1. The molecular formula is C23H27ClN3O9P. The molecule has 1 unspecified atom stereocenters. The summed E-state index contributed by atoms with van der Waals surface area (Å²) in [6.45, 7) is 1.01. The first-order valence-corrected chi connectivity index (χ1v) is 13.1. The third-order valence-corrected chi connectivity index (χ3v) is 7.04. The van der Waals surface area contributed by atoms with E-state index in [1.54, 1.807) is 30.3 Å². The molecule has 3 rings (SSSR count). The van der Waals surface area contributed by atoms with Crippen LogP contribution in [0.3, 0.4) is 0 Å². The van der Waals surface area contributed by atoms with Gasteiger partial charge in [0.1, 0.15) is 24.1 Å². The quantitative estimate of drug-likeness (QED) is 0.213. The molecule has 200 valence electrons. The highest BCUT2D eigenvalue weighted by atomic mass is 35.5. The lowest BCUT2D eigenvalue weighted by Gasteiger charge is -2.24. The largest absolute Gasteiger partial charge is 0.468 e. The van der Waals surface area contributed by atoms with Crippen LogP contribution in [0.4, 0.5) is 0 Å². The lowest BCUT2D eigenvalue weighted by Crippen LogP contribution is -2.36. The van der Waals surface area contributed by atoms with Crippen molar-refractivity contribution in [3.8, 4) is 5.75 Å². The summed E-state index contributed by atoms with van der Waals surface area (Å²) in [5.74, 6) is -0.480. The normalized spacial score (nSPS) is 22.2. The van der Waals surface area contributed by atoms with E-state index >= 15 is 0 Å². The average molecular weight is 556 g/mol. The van der Waals surface area contributed by atoms with Gasteiger partial charge < -0.3 is 19.1 Å². The molecule has 1 aromatic heterocycles. The molecule has 0 bridgehead atoms. The van der Waals surface area contributed by atoms with Crippen molar-refractivity contribution in [1.82, 2.24) is 14.6 Å². The molecule has 1 saturated heterocycles. The van der Waals surface area contributed by atoms with Crippen molar-refractivity contribution in [2.45, 2.75) is 37.8 Å². The van der Waals surface area contributed by atoms with E-state index in [0.29, 0.717) is 0 Å². The number of hydrogen-bond acceptors (Lipinski definition) is 9. The Balaban J connectivity index is 1.76. The van der Waals surface area contributed by atoms with Gasteiger partial charge in [-0.25, -0.2) is 9.36 Å². The standard InChI is InChI=1S/C23H27ClN3O9P/c1-15(22(30)33-2)26-37(32,36-17-9-4-3-5-10-17)34-14-19-18(28)12-20(35-19)27-13-16(8-6-7-11-24)21(29)25-23(27)31/h3-11,13,15,18-20,28H,12,14H2,1-2H3,(H,26,32)(H,25,29,31)/b8-6+,11-7+/t15-,18-,19+,20+,37?/m0/s1. The first-order chi connectivity index (χ1) is 17.7. The first kappa shape index (κ1) is 28.6. The Bertz CT molecular complexity index is 1290. The Morgan fingerprint density at radius 1 is 1.35 bits per heavy atom. The summed E-state index contributed by atoms with van der Waals surface area (Å²) in [6.07, 6.45) is 2.68.